The van der Waals surface area contributed by atoms with Crippen LogP contribution in [0.4, 0.5) is 0 Å². The van der Waals surface area contributed by atoms with E-state index in [0.29, 0.717) is 6.04 Å². The highest BCUT2D eigenvalue weighted by Gasteiger charge is 2.21. The van der Waals surface area contributed by atoms with Gasteiger partial charge in [-0.15, -0.1) is 0 Å². The third-order valence-corrected chi connectivity index (χ3v) is 4.14. The van der Waals surface area contributed by atoms with Gasteiger partial charge in [-0.2, -0.15) is 0 Å². The number of imidazole rings is 1. The highest BCUT2D eigenvalue weighted by Crippen LogP contribution is 2.25. The van der Waals surface area contributed by atoms with Crippen LogP contribution in [0.5, 0.6) is 0 Å². The molecule has 0 aliphatic carbocycles. The number of aromatic nitrogens is 2. The van der Waals surface area contributed by atoms with Crippen molar-refractivity contribution in [1.82, 2.24) is 14.9 Å². The molecule has 2 heterocycles. The Morgan fingerprint density at radius 2 is 2.11 bits per heavy atom. The van der Waals surface area contributed by atoms with Crippen molar-refractivity contribution in [3.05, 3.63) is 17.2 Å². The zero-order chi connectivity index (χ0) is 13.7. The molecular formula is C16H29N3. The van der Waals surface area contributed by atoms with Crippen molar-refractivity contribution >= 4 is 0 Å². The quantitative estimate of drug-likeness (QED) is 0.761. The molecular weight excluding hydrogens is 234 g/mol. The lowest BCUT2D eigenvalue weighted by Gasteiger charge is -2.22. The van der Waals surface area contributed by atoms with E-state index in [9.17, 15) is 0 Å². The van der Waals surface area contributed by atoms with Crippen LogP contribution in [0.2, 0.25) is 0 Å². The second kappa shape index (κ2) is 7.09. The van der Waals surface area contributed by atoms with Gasteiger partial charge in [0, 0.05) is 37.7 Å². The van der Waals surface area contributed by atoms with Gasteiger partial charge in [0.15, 0.2) is 0 Å². The van der Waals surface area contributed by atoms with E-state index in [1.165, 1.54) is 49.3 Å². The number of hydrogen-bond acceptors (Lipinski definition) is 2. The van der Waals surface area contributed by atoms with Crippen LogP contribution in [-0.2, 0) is 19.4 Å². The number of unbranched alkanes of at least 4 members (excludes halogenated alkanes) is 2. The molecule has 0 aromatic carbocycles. The number of nitrogens with one attached hydrogen (secondary N) is 1. The van der Waals surface area contributed by atoms with E-state index < -0.39 is 0 Å². The Labute approximate surface area is 117 Å². The normalized spacial score (nSPS) is 16.4. The Kier molecular flexibility index (Phi) is 5.44. The molecule has 0 saturated carbocycles. The number of nitrogens with zero attached hydrogens (tertiary/aromatic N) is 2. The predicted molar refractivity (Wildman–Crippen MR) is 80.5 cm³/mol. The van der Waals surface area contributed by atoms with E-state index in [0.717, 1.165) is 25.9 Å². The second-order valence-electron chi connectivity index (χ2n) is 5.81. The minimum absolute atomic E-state index is 0.613. The number of hydrogen-bond donors (Lipinski definition) is 1. The van der Waals surface area contributed by atoms with Crippen LogP contribution < -0.4 is 5.32 Å². The van der Waals surface area contributed by atoms with Gasteiger partial charge in [0.2, 0.25) is 0 Å². The second-order valence-corrected chi connectivity index (χ2v) is 5.81. The van der Waals surface area contributed by atoms with Crippen molar-refractivity contribution in [3.8, 4) is 0 Å². The maximum Gasteiger partial charge on any atom is 0.109 e. The third-order valence-electron chi connectivity index (χ3n) is 4.14. The van der Waals surface area contributed by atoms with Crippen LogP contribution in [0.3, 0.4) is 0 Å². The predicted octanol–water partition coefficient (Wildman–Crippen LogP) is 3.62. The average molecular weight is 263 g/mol. The van der Waals surface area contributed by atoms with Crippen molar-refractivity contribution in [2.45, 2.75) is 78.3 Å². The zero-order valence-electron chi connectivity index (χ0n) is 12.8. The van der Waals surface area contributed by atoms with Crippen LogP contribution in [-0.4, -0.2) is 16.1 Å². The molecule has 1 unspecified atom stereocenters. The first-order valence-corrected chi connectivity index (χ1v) is 8.07. The number of fused-ring (bicyclic) bond motifs is 1. The fraction of sp³-hybridized carbons (Fsp3) is 0.812. The summed E-state index contributed by atoms with van der Waals surface area (Å²) in [5.74, 6) is 1.32. The van der Waals surface area contributed by atoms with Gasteiger partial charge in [0.25, 0.3) is 0 Å². The summed E-state index contributed by atoms with van der Waals surface area (Å²) in [4.78, 5) is 4.89. The van der Waals surface area contributed by atoms with Crippen LogP contribution >= 0.6 is 0 Å². The van der Waals surface area contributed by atoms with Gasteiger partial charge in [0.1, 0.15) is 5.82 Å². The molecule has 19 heavy (non-hydrogen) atoms. The summed E-state index contributed by atoms with van der Waals surface area (Å²) >= 11 is 0. The van der Waals surface area contributed by atoms with Crippen LogP contribution in [0, 0.1) is 0 Å². The lowest BCUT2D eigenvalue weighted by Crippen LogP contribution is -2.25. The molecule has 1 aromatic rings. The molecule has 0 bridgehead atoms. The van der Waals surface area contributed by atoms with Crippen molar-refractivity contribution < 1.29 is 0 Å². The van der Waals surface area contributed by atoms with E-state index in [1.807, 2.05) is 0 Å². The maximum atomic E-state index is 4.89. The lowest BCUT2D eigenvalue weighted by atomic mass is 10.1. The summed E-state index contributed by atoms with van der Waals surface area (Å²) in [6, 6.07) is 0.613. The fourth-order valence-electron chi connectivity index (χ4n) is 3.13. The minimum atomic E-state index is 0.613. The topological polar surface area (TPSA) is 29.9 Å². The molecule has 1 aliphatic heterocycles. The summed E-state index contributed by atoms with van der Waals surface area (Å²) < 4.78 is 2.56. The molecule has 2 rings (SSSR count). The summed E-state index contributed by atoms with van der Waals surface area (Å²) in [7, 11) is 0. The third kappa shape index (κ3) is 3.38. The van der Waals surface area contributed by atoms with E-state index in [-0.39, 0.29) is 0 Å². The van der Waals surface area contributed by atoms with Gasteiger partial charge in [0.05, 0.1) is 5.69 Å². The summed E-state index contributed by atoms with van der Waals surface area (Å²) in [6.45, 7) is 8.96. The monoisotopic (exact) mass is 263 g/mol. The van der Waals surface area contributed by atoms with E-state index in [1.54, 1.807) is 0 Å². The van der Waals surface area contributed by atoms with Gasteiger partial charge < -0.3 is 9.88 Å². The maximum absolute atomic E-state index is 4.89. The van der Waals surface area contributed by atoms with Gasteiger partial charge in [-0.3, -0.25) is 0 Å². The molecule has 0 radical (unpaired) electrons. The van der Waals surface area contributed by atoms with E-state index in [4.69, 9.17) is 4.98 Å². The van der Waals surface area contributed by atoms with Gasteiger partial charge >= 0.3 is 0 Å². The minimum Gasteiger partial charge on any atom is -0.329 e. The molecule has 0 fully saturated rings. The van der Waals surface area contributed by atoms with Crippen molar-refractivity contribution in [3.63, 3.8) is 0 Å². The van der Waals surface area contributed by atoms with Crippen molar-refractivity contribution in [1.29, 1.82) is 0 Å². The average Bonchev–Trinajstić information content (AvgIpc) is 2.77. The number of rotatable bonds is 7. The highest BCUT2D eigenvalue weighted by molar-refractivity contribution is 5.21. The summed E-state index contributed by atoms with van der Waals surface area (Å²) in [5, 5.41) is 3.44. The molecule has 3 nitrogen and oxygen atoms in total. The van der Waals surface area contributed by atoms with Crippen LogP contribution in [0.25, 0.3) is 0 Å². The standard InChI is InChI=1S/C16H29N3/c1-4-6-7-9-13(3)19-15-10-11-17-12-14(15)18-16(19)8-5-2/h13,17H,4-12H2,1-3H3. The summed E-state index contributed by atoms with van der Waals surface area (Å²) in [6.07, 6.45) is 8.74. The smallest absolute Gasteiger partial charge is 0.109 e. The number of aryl methyl sites for hydroxylation is 1. The van der Waals surface area contributed by atoms with Crippen LogP contribution in [0.1, 0.15) is 76.1 Å². The van der Waals surface area contributed by atoms with Crippen LogP contribution in [0.15, 0.2) is 0 Å². The first-order chi connectivity index (χ1) is 9.27. The van der Waals surface area contributed by atoms with E-state index >= 15 is 0 Å². The molecule has 0 amide bonds. The molecule has 108 valence electrons. The Balaban J connectivity index is 2.17. The van der Waals surface area contributed by atoms with E-state index in [2.05, 4.69) is 30.7 Å². The van der Waals surface area contributed by atoms with Gasteiger partial charge in [-0.05, 0) is 19.8 Å². The highest BCUT2D eigenvalue weighted by atomic mass is 15.1. The molecule has 1 aromatic heterocycles. The van der Waals surface area contributed by atoms with Crippen molar-refractivity contribution in [2.24, 2.45) is 0 Å². The Hall–Kier alpha value is -0.830. The molecule has 3 heteroatoms. The zero-order valence-corrected chi connectivity index (χ0v) is 12.8. The first kappa shape index (κ1) is 14.6. The molecule has 0 spiro atoms. The first-order valence-electron chi connectivity index (χ1n) is 8.07. The Morgan fingerprint density at radius 3 is 2.84 bits per heavy atom. The largest absolute Gasteiger partial charge is 0.329 e. The summed E-state index contributed by atoms with van der Waals surface area (Å²) in [5.41, 5.74) is 2.81. The van der Waals surface area contributed by atoms with Gasteiger partial charge in [-0.25, -0.2) is 4.98 Å². The fourth-order valence-corrected chi connectivity index (χ4v) is 3.13. The Bertz CT molecular complexity index is 395. The Morgan fingerprint density at radius 1 is 1.26 bits per heavy atom. The van der Waals surface area contributed by atoms with Crippen molar-refractivity contribution in [2.75, 3.05) is 6.54 Å². The molecule has 1 N–H and O–H groups in total. The molecule has 1 aliphatic rings. The van der Waals surface area contributed by atoms with Gasteiger partial charge in [-0.1, -0.05) is 33.1 Å². The lowest BCUT2D eigenvalue weighted by molar-refractivity contribution is 0.443. The molecule has 0 saturated heterocycles. The SMILES string of the molecule is CCCCCC(C)n1c(CCC)nc2c1CCNC2. The molecule has 1 atom stereocenters.